The molecule has 0 aliphatic rings. The van der Waals surface area contributed by atoms with Crippen LogP contribution in [0.5, 0.6) is 0 Å². The summed E-state index contributed by atoms with van der Waals surface area (Å²) in [4.78, 5) is 12.4. The minimum atomic E-state index is -0.420. The summed E-state index contributed by atoms with van der Waals surface area (Å²) in [7, 11) is 1.81. The fourth-order valence-electron chi connectivity index (χ4n) is 2.18. The molecule has 0 radical (unpaired) electrons. The Labute approximate surface area is 159 Å². The van der Waals surface area contributed by atoms with Gasteiger partial charge in [-0.05, 0) is 37.3 Å². The number of benzene rings is 1. The minimum absolute atomic E-state index is 0.210. The number of nitriles is 1. The zero-order chi connectivity index (χ0) is 18.7. The molecule has 132 valence electrons. The third kappa shape index (κ3) is 3.74. The van der Waals surface area contributed by atoms with E-state index >= 15 is 0 Å². The van der Waals surface area contributed by atoms with E-state index in [0.29, 0.717) is 33.0 Å². The molecule has 1 aromatic carbocycles. The molecule has 0 aliphatic heterocycles. The van der Waals surface area contributed by atoms with Crippen LogP contribution in [-0.2, 0) is 11.8 Å². The predicted molar refractivity (Wildman–Crippen MR) is 98.8 cm³/mol. The van der Waals surface area contributed by atoms with Crippen molar-refractivity contribution < 1.29 is 9.21 Å². The van der Waals surface area contributed by atoms with Crippen LogP contribution in [-0.4, -0.2) is 25.9 Å². The molecule has 0 saturated carbocycles. The monoisotopic (exact) mass is 387 g/mol. The van der Waals surface area contributed by atoms with Gasteiger partial charge in [0, 0.05) is 12.7 Å². The average Bonchev–Trinajstić information content (AvgIpc) is 3.25. The quantitative estimate of drug-likeness (QED) is 0.670. The Morgan fingerprint density at radius 2 is 2.23 bits per heavy atom. The van der Waals surface area contributed by atoms with E-state index in [-0.39, 0.29) is 5.91 Å². The number of aromatic nitrogens is 3. The summed E-state index contributed by atoms with van der Waals surface area (Å²) in [6.07, 6.45) is 1.57. The Morgan fingerprint density at radius 3 is 2.88 bits per heavy atom. The number of furan rings is 1. The number of anilines is 1. The highest BCUT2D eigenvalue weighted by Crippen LogP contribution is 2.27. The van der Waals surface area contributed by atoms with Gasteiger partial charge in [0.05, 0.1) is 22.1 Å². The van der Waals surface area contributed by atoms with E-state index < -0.39 is 5.25 Å². The first-order chi connectivity index (χ1) is 12.5. The first-order valence-corrected chi connectivity index (χ1v) is 8.86. The normalized spacial score (nSPS) is 11.8. The molecule has 1 atom stereocenters. The zero-order valence-corrected chi connectivity index (χ0v) is 15.5. The lowest BCUT2D eigenvalue weighted by molar-refractivity contribution is -0.115. The largest absolute Gasteiger partial charge is 0.461 e. The van der Waals surface area contributed by atoms with Crippen molar-refractivity contribution >= 4 is 35.0 Å². The summed E-state index contributed by atoms with van der Waals surface area (Å²) in [5.74, 6) is 0.985. The molecule has 0 spiro atoms. The van der Waals surface area contributed by atoms with Gasteiger partial charge in [-0.3, -0.25) is 4.79 Å². The number of halogens is 1. The number of carbonyl (C=O) groups excluding carboxylic acids is 1. The third-order valence-corrected chi connectivity index (χ3v) is 5.03. The molecule has 0 unspecified atom stereocenters. The molecule has 0 fully saturated rings. The average molecular weight is 388 g/mol. The summed E-state index contributed by atoms with van der Waals surface area (Å²) in [5, 5.41) is 20.4. The lowest BCUT2D eigenvalue weighted by atomic mass is 10.2. The zero-order valence-electron chi connectivity index (χ0n) is 13.9. The van der Waals surface area contributed by atoms with Gasteiger partial charge in [0.1, 0.15) is 6.07 Å². The Balaban J connectivity index is 1.68. The SMILES string of the molecule is C[C@H](Sc1nnc(-c2ccco2)n1C)C(=O)Nc1ccc(C#N)c(Cl)c1. The second-order valence-electron chi connectivity index (χ2n) is 5.40. The van der Waals surface area contributed by atoms with Crippen molar-refractivity contribution in [3.63, 3.8) is 0 Å². The molecule has 3 aromatic rings. The molecule has 26 heavy (non-hydrogen) atoms. The Bertz CT molecular complexity index is 978. The fourth-order valence-corrected chi connectivity index (χ4v) is 3.21. The highest BCUT2D eigenvalue weighted by molar-refractivity contribution is 8.00. The third-order valence-electron chi connectivity index (χ3n) is 3.58. The van der Waals surface area contributed by atoms with E-state index in [4.69, 9.17) is 21.3 Å². The Kier molecular flexibility index (Phi) is 5.30. The molecular formula is C17H14ClN5O2S. The van der Waals surface area contributed by atoms with Crippen LogP contribution < -0.4 is 5.32 Å². The lowest BCUT2D eigenvalue weighted by Gasteiger charge is -2.12. The highest BCUT2D eigenvalue weighted by atomic mass is 35.5. The van der Waals surface area contributed by atoms with Crippen LogP contribution in [0.15, 0.2) is 46.2 Å². The molecule has 2 aromatic heterocycles. The number of hydrogen-bond donors (Lipinski definition) is 1. The molecule has 0 aliphatic carbocycles. The van der Waals surface area contributed by atoms with Gasteiger partial charge in [0.15, 0.2) is 16.7 Å². The van der Waals surface area contributed by atoms with Crippen molar-refractivity contribution in [3.05, 3.63) is 47.2 Å². The molecule has 2 heterocycles. The second-order valence-corrected chi connectivity index (χ2v) is 7.11. The van der Waals surface area contributed by atoms with Gasteiger partial charge in [-0.15, -0.1) is 10.2 Å². The Morgan fingerprint density at radius 1 is 1.42 bits per heavy atom. The maximum Gasteiger partial charge on any atom is 0.237 e. The van der Waals surface area contributed by atoms with Crippen molar-refractivity contribution in [2.24, 2.45) is 7.05 Å². The molecule has 1 amide bonds. The molecule has 1 N–H and O–H groups in total. The van der Waals surface area contributed by atoms with Crippen molar-refractivity contribution in [2.75, 3.05) is 5.32 Å². The summed E-state index contributed by atoms with van der Waals surface area (Å²) in [6, 6.07) is 10.3. The number of nitrogens with one attached hydrogen (secondary N) is 1. The van der Waals surface area contributed by atoms with Crippen molar-refractivity contribution in [1.29, 1.82) is 5.26 Å². The number of rotatable bonds is 5. The smallest absolute Gasteiger partial charge is 0.237 e. The van der Waals surface area contributed by atoms with Crippen LogP contribution in [0.2, 0.25) is 5.02 Å². The maximum absolute atomic E-state index is 12.4. The van der Waals surface area contributed by atoms with Crippen molar-refractivity contribution in [3.8, 4) is 17.7 Å². The van der Waals surface area contributed by atoms with Crippen LogP contribution in [0.4, 0.5) is 5.69 Å². The molecular weight excluding hydrogens is 374 g/mol. The van der Waals surface area contributed by atoms with E-state index in [2.05, 4.69) is 15.5 Å². The minimum Gasteiger partial charge on any atom is -0.461 e. The van der Waals surface area contributed by atoms with Gasteiger partial charge in [-0.2, -0.15) is 5.26 Å². The topological polar surface area (TPSA) is 96.7 Å². The van der Waals surface area contributed by atoms with Crippen LogP contribution in [0, 0.1) is 11.3 Å². The lowest BCUT2D eigenvalue weighted by Crippen LogP contribution is -2.22. The summed E-state index contributed by atoms with van der Waals surface area (Å²) >= 11 is 7.26. The van der Waals surface area contributed by atoms with Gasteiger partial charge >= 0.3 is 0 Å². The maximum atomic E-state index is 12.4. The van der Waals surface area contributed by atoms with Gasteiger partial charge in [0.25, 0.3) is 0 Å². The van der Waals surface area contributed by atoms with Crippen molar-refractivity contribution in [2.45, 2.75) is 17.3 Å². The van der Waals surface area contributed by atoms with Gasteiger partial charge in [-0.1, -0.05) is 23.4 Å². The second kappa shape index (κ2) is 7.64. The number of carbonyl (C=O) groups is 1. The van der Waals surface area contributed by atoms with E-state index in [1.54, 1.807) is 48.1 Å². The predicted octanol–water partition coefficient (Wildman–Crippen LogP) is 3.72. The first kappa shape index (κ1) is 18.0. The van der Waals surface area contributed by atoms with Crippen LogP contribution in [0.25, 0.3) is 11.6 Å². The van der Waals surface area contributed by atoms with E-state index in [1.807, 2.05) is 13.1 Å². The highest BCUT2D eigenvalue weighted by Gasteiger charge is 2.20. The Hall–Kier alpha value is -2.76. The van der Waals surface area contributed by atoms with E-state index in [1.165, 1.54) is 11.8 Å². The number of hydrogen-bond acceptors (Lipinski definition) is 6. The van der Waals surface area contributed by atoms with Crippen LogP contribution in [0.1, 0.15) is 12.5 Å². The van der Waals surface area contributed by atoms with Crippen LogP contribution in [0.3, 0.4) is 0 Å². The van der Waals surface area contributed by atoms with Gasteiger partial charge in [0.2, 0.25) is 5.91 Å². The van der Waals surface area contributed by atoms with E-state index in [0.717, 1.165) is 0 Å². The first-order valence-electron chi connectivity index (χ1n) is 7.60. The molecule has 0 bridgehead atoms. The van der Waals surface area contributed by atoms with E-state index in [9.17, 15) is 4.79 Å². The number of nitrogens with zero attached hydrogens (tertiary/aromatic N) is 4. The van der Waals surface area contributed by atoms with Gasteiger partial charge in [-0.25, -0.2) is 0 Å². The molecule has 9 heteroatoms. The van der Waals surface area contributed by atoms with Crippen LogP contribution >= 0.6 is 23.4 Å². The van der Waals surface area contributed by atoms with Crippen molar-refractivity contribution in [1.82, 2.24) is 14.8 Å². The summed E-state index contributed by atoms with van der Waals surface area (Å²) < 4.78 is 7.10. The number of amides is 1. The summed E-state index contributed by atoms with van der Waals surface area (Å²) in [5.41, 5.74) is 0.886. The number of thioether (sulfide) groups is 1. The molecule has 0 saturated heterocycles. The summed E-state index contributed by atoms with van der Waals surface area (Å²) in [6.45, 7) is 1.77. The standard InChI is InChI=1S/C17H14ClN5O2S/c1-10(16(24)20-12-6-5-11(9-19)13(18)8-12)26-17-22-21-15(23(17)2)14-4-3-7-25-14/h3-8,10H,1-2H3,(H,20,24)/t10-/m0/s1. The fraction of sp³-hybridized carbons (Fsp3) is 0.176. The van der Waals surface area contributed by atoms with Gasteiger partial charge < -0.3 is 14.3 Å². The molecule has 7 nitrogen and oxygen atoms in total. The molecule has 3 rings (SSSR count).